The van der Waals surface area contributed by atoms with Gasteiger partial charge in [-0.1, -0.05) is 6.07 Å². The first-order chi connectivity index (χ1) is 15.1. The van der Waals surface area contributed by atoms with Gasteiger partial charge in [-0.15, -0.1) is 10.2 Å². The highest BCUT2D eigenvalue weighted by atomic mass is 32.2. The molecule has 10 heteroatoms. The Hall–Kier alpha value is -3.24. The Bertz CT molecular complexity index is 1160. The molecule has 0 radical (unpaired) electrons. The average molecular weight is 439 g/mol. The zero-order valence-corrected chi connectivity index (χ0v) is 17.6. The van der Waals surface area contributed by atoms with Gasteiger partial charge in [0.05, 0.1) is 11.5 Å². The fraction of sp³-hybridized carbons (Fsp3) is 0.286. The van der Waals surface area contributed by atoms with Crippen molar-refractivity contribution in [3.63, 3.8) is 0 Å². The second-order valence-corrected chi connectivity index (χ2v) is 9.31. The monoisotopic (exact) mass is 438 g/mol. The topological polar surface area (TPSA) is 101 Å². The Balaban J connectivity index is 1.23. The number of nitrogens with one attached hydrogen (secondary N) is 1. The molecule has 0 atom stereocenters. The summed E-state index contributed by atoms with van der Waals surface area (Å²) in [5.41, 5.74) is 0.953. The van der Waals surface area contributed by atoms with Gasteiger partial charge in [0.1, 0.15) is 11.6 Å². The number of ether oxygens (including phenoxy) is 1. The summed E-state index contributed by atoms with van der Waals surface area (Å²) in [4.78, 5) is 6.57. The maximum absolute atomic E-state index is 13.1. The predicted octanol–water partition coefficient (Wildman–Crippen LogP) is 2.06. The lowest BCUT2D eigenvalue weighted by molar-refractivity contribution is 0.356. The van der Waals surface area contributed by atoms with Gasteiger partial charge in [0.2, 0.25) is 10.0 Å². The molecule has 9 nitrogen and oxygen atoms in total. The van der Waals surface area contributed by atoms with Crippen molar-refractivity contribution in [3.8, 4) is 5.75 Å². The molecule has 0 amide bonds. The van der Waals surface area contributed by atoms with E-state index in [1.54, 1.807) is 24.4 Å². The maximum Gasteiger partial charge on any atom is 0.243 e. The Kier molecular flexibility index (Phi) is 5.16. The normalized spacial score (nSPS) is 16.6. The number of benzene rings is 1. The number of rotatable bonds is 5. The third-order valence-corrected chi connectivity index (χ3v) is 7.33. The molecule has 0 aliphatic carbocycles. The zero-order valence-electron chi connectivity index (χ0n) is 16.8. The van der Waals surface area contributed by atoms with E-state index in [0.717, 1.165) is 23.6 Å². The van der Waals surface area contributed by atoms with Gasteiger partial charge in [0.15, 0.2) is 11.6 Å². The van der Waals surface area contributed by atoms with Crippen LogP contribution in [0.3, 0.4) is 0 Å². The molecule has 1 N–H and O–H groups in total. The van der Waals surface area contributed by atoms with Crippen molar-refractivity contribution >= 4 is 27.5 Å². The predicted molar refractivity (Wildman–Crippen MR) is 116 cm³/mol. The van der Waals surface area contributed by atoms with Crippen molar-refractivity contribution in [3.05, 3.63) is 60.3 Å². The fourth-order valence-electron chi connectivity index (χ4n) is 3.76. The second kappa shape index (κ2) is 8.12. The molecule has 31 heavy (non-hydrogen) atoms. The number of anilines is 3. The van der Waals surface area contributed by atoms with Gasteiger partial charge in [-0.2, -0.15) is 4.31 Å². The van der Waals surface area contributed by atoms with Crippen LogP contribution < -0.4 is 15.0 Å². The van der Waals surface area contributed by atoms with E-state index in [9.17, 15) is 8.42 Å². The van der Waals surface area contributed by atoms with Crippen LogP contribution in [0, 0.1) is 0 Å². The van der Waals surface area contributed by atoms with Gasteiger partial charge in [-0.3, -0.25) is 0 Å². The van der Waals surface area contributed by atoms with E-state index >= 15 is 0 Å². The van der Waals surface area contributed by atoms with Crippen LogP contribution in [0.4, 0.5) is 17.5 Å². The minimum atomic E-state index is -3.53. The summed E-state index contributed by atoms with van der Waals surface area (Å²) >= 11 is 0. The number of pyridine rings is 1. The first-order valence-electron chi connectivity index (χ1n) is 10.1. The number of piperazine rings is 1. The molecule has 2 aliphatic heterocycles. The molecule has 160 valence electrons. The van der Waals surface area contributed by atoms with Gasteiger partial charge >= 0.3 is 0 Å². The van der Waals surface area contributed by atoms with E-state index in [-0.39, 0.29) is 0 Å². The first-order valence-corrected chi connectivity index (χ1v) is 11.6. The minimum Gasteiger partial charge on any atom is -0.493 e. The van der Waals surface area contributed by atoms with Crippen molar-refractivity contribution < 1.29 is 13.2 Å². The van der Waals surface area contributed by atoms with E-state index in [0.29, 0.717) is 49.3 Å². The van der Waals surface area contributed by atoms with E-state index in [1.807, 2.05) is 35.2 Å². The quantitative estimate of drug-likeness (QED) is 0.646. The molecule has 5 rings (SSSR count). The number of hydrogen-bond donors (Lipinski definition) is 1. The Labute approximate surface area is 180 Å². The van der Waals surface area contributed by atoms with Crippen molar-refractivity contribution in [1.29, 1.82) is 0 Å². The van der Waals surface area contributed by atoms with E-state index in [4.69, 9.17) is 4.74 Å². The van der Waals surface area contributed by atoms with Crippen LogP contribution in [0.25, 0.3) is 0 Å². The van der Waals surface area contributed by atoms with Gasteiger partial charge in [0.25, 0.3) is 0 Å². The average Bonchev–Trinajstić information content (AvgIpc) is 3.28. The fourth-order valence-corrected chi connectivity index (χ4v) is 5.23. The summed E-state index contributed by atoms with van der Waals surface area (Å²) in [7, 11) is -3.53. The molecule has 1 aromatic carbocycles. The third kappa shape index (κ3) is 4.04. The molecule has 1 fully saturated rings. The smallest absolute Gasteiger partial charge is 0.243 e. The number of hydrogen-bond acceptors (Lipinski definition) is 8. The first kappa shape index (κ1) is 19.7. The summed E-state index contributed by atoms with van der Waals surface area (Å²) < 4.78 is 33.2. The lowest BCUT2D eigenvalue weighted by Crippen LogP contribution is -2.49. The van der Waals surface area contributed by atoms with Crippen LogP contribution in [0.2, 0.25) is 0 Å². The lowest BCUT2D eigenvalue weighted by atomic mass is 10.2. The molecule has 2 aromatic heterocycles. The van der Waals surface area contributed by atoms with Crippen LogP contribution in [-0.2, 0) is 16.4 Å². The second-order valence-electron chi connectivity index (χ2n) is 7.38. The van der Waals surface area contributed by atoms with Crippen molar-refractivity contribution in [1.82, 2.24) is 19.5 Å². The molecule has 1 saturated heterocycles. The summed E-state index contributed by atoms with van der Waals surface area (Å²) in [6, 6.07) is 14.4. The van der Waals surface area contributed by atoms with Crippen molar-refractivity contribution in [2.45, 2.75) is 11.3 Å². The molecule has 0 saturated carbocycles. The van der Waals surface area contributed by atoms with Crippen molar-refractivity contribution in [2.24, 2.45) is 0 Å². The molecule has 4 heterocycles. The third-order valence-electron chi connectivity index (χ3n) is 5.43. The van der Waals surface area contributed by atoms with E-state index in [2.05, 4.69) is 20.5 Å². The molecule has 3 aromatic rings. The Morgan fingerprint density at radius 1 is 0.935 bits per heavy atom. The van der Waals surface area contributed by atoms with Crippen LogP contribution in [0.5, 0.6) is 5.75 Å². The maximum atomic E-state index is 13.1. The summed E-state index contributed by atoms with van der Waals surface area (Å²) in [6.45, 7) is 2.50. The van der Waals surface area contributed by atoms with Gasteiger partial charge in [-0.05, 0) is 48.0 Å². The number of sulfonamides is 1. The van der Waals surface area contributed by atoms with E-state index in [1.165, 1.54) is 4.31 Å². The highest BCUT2D eigenvalue weighted by Crippen LogP contribution is 2.29. The highest BCUT2D eigenvalue weighted by molar-refractivity contribution is 7.89. The largest absolute Gasteiger partial charge is 0.493 e. The number of fused-ring (bicyclic) bond motifs is 1. The Morgan fingerprint density at radius 2 is 1.81 bits per heavy atom. The van der Waals surface area contributed by atoms with Crippen LogP contribution in [0.15, 0.2) is 59.6 Å². The van der Waals surface area contributed by atoms with E-state index < -0.39 is 10.0 Å². The molecule has 0 spiro atoms. The zero-order chi connectivity index (χ0) is 21.3. The number of aromatic nitrogens is 3. The number of nitrogens with zero attached hydrogens (tertiary/aromatic N) is 5. The minimum absolute atomic E-state index is 0.329. The van der Waals surface area contributed by atoms with Crippen LogP contribution in [-0.4, -0.2) is 60.7 Å². The van der Waals surface area contributed by atoms with Crippen LogP contribution in [0.1, 0.15) is 5.56 Å². The standard InChI is InChI=1S/C21H22N6O3S/c28-31(29,17-4-5-18-16(15-17)8-14-30-18)27-12-10-26(11-13-27)21-7-6-20(24-25-21)23-19-3-1-2-9-22-19/h1-7,9,15H,8,10-14H2,(H,22,23,24). The SMILES string of the molecule is O=S(=O)(c1ccc2c(c1)CCO2)N1CCN(c2ccc(Nc3ccccn3)nn2)CC1. The molecule has 2 aliphatic rings. The molecular formula is C21H22N6O3S. The molecule has 0 unspecified atom stereocenters. The molecule has 0 bridgehead atoms. The van der Waals surface area contributed by atoms with Crippen LogP contribution >= 0.6 is 0 Å². The van der Waals surface area contributed by atoms with Gasteiger partial charge in [0, 0.05) is 38.8 Å². The lowest BCUT2D eigenvalue weighted by Gasteiger charge is -2.34. The summed E-state index contributed by atoms with van der Waals surface area (Å²) in [6.07, 6.45) is 2.45. The summed E-state index contributed by atoms with van der Waals surface area (Å²) in [5.74, 6) is 2.80. The molecular weight excluding hydrogens is 416 g/mol. The van der Waals surface area contributed by atoms with Gasteiger partial charge < -0.3 is 15.0 Å². The highest BCUT2D eigenvalue weighted by Gasteiger charge is 2.30. The van der Waals surface area contributed by atoms with Gasteiger partial charge in [-0.25, -0.2) is 13.4 Å². The Morgan fingerprint density at radius 3 is 2.55 bits per heavy atom. The summed E-state index contributed by atoms with van der Waals surface area (Å²) in [5, 5.41) is 11.6. The van der Waals surface area contributed by atoms with Crippen molar-refractivity contribution in [2.75, 3.05) is 43.0 Å².